The van der Waals surface area contributed by atoms with Gasteiger partial charge in [-0.2, -0.15) is 4.37 Å². The van der Waals surface area contributed by atoms with Crippen LogP contribution in [0, 0.1) is 5.82 Å². The molecule has 5 nitrogen and oxygen atoms in total. The van der Waals surface area contributed by atoms with Gasteiger partial charge in [0.1, 0.15) is 5.82 Å². The summed E-state index contributed by atoms with van der Waals surface area (Å²) < 4.78 is 19.8. The minimum atomic E-state index is -0.768. The van der Waals surface area contributed by atoms with E-state index >= 15 is 0 Å². The van der Waals surface area contributed by atoms with Crippen LogP contribution in [0.2, 0.25) is 0 Å². The van der Waals surface area contributed by atoms with Crippen molar-refractivity contribution in [1.82, 2.24) is 14.2 Å². The Hall–Kier alpha value is -2.54. The summed E-state index contributed by atoms with van der Waals surface area (Å²) in [6, 6.07) is 9.99. The van der Waals surface area contributed by atoms with Crippen molar-refractivity contribution >= 4 is 23.3 Å². The molecular formula is C16H13FN4OS. The third-order valence-corrected chi connectivity index (χ3v) is 4.61. The zero-order chi connectivity index (χ0) is 15.9. The van der Waals surface area contributed by atoms with Gasteiger partial charge in [-0.15, -0.1) is 5.10 Å². The van der Waals surface area contributed by atoms with Crippen molar-refractivity contribution in [2.24, 2.45) is 0 Å². The first-order valence-electron chi connectivity index (χ1n) is 7.22. The molecule has 0 unspecified atom stereocenters. The third-order valence-electron chi connectivity index (χ3n) is 4.06. The fourth-order valence-corrected chi connectivity index (χ4v) is 3.17. The van der Waals surface area contributed by atoms with Crippen molar-refractivity contribution in [3.05, 3.63) is 59.4 Å². The first kappa shape index (κ1) is 14.1. The Morgan fingerprint density at radius 2 is 2.09 bits per heavy atom. The van der Waals surface area contributed by atoms with Crippen molar-refractivity contribution in [3.63, 3.8) is 0 Å². The van der Waals surface area contributed by atoms with E-state index in [9.17, 15) is 9.18 Å². The lowest BCUT2D eigenvalue weighted by Crippen LogP contribution is -2.29. The first-order valence-corrected chi connectivity index (χ1v) is 8.06. The summed E-state index contributed by atoms with van der Waals surface area (Å²) in [5.74, 6) is 0.579. The van der Waals surface area contributed by atoms with Gasteiger partial charge in [-0.05, 0) is 36.5 Å². The summed E-state index contributed by atoms with van der Waals surface area (Å²) >= 11 is 1.33. The number of hydrogen-bond acceptors (Lipinski definition) is 4. The highest BCUT2D eigenvalue weighted by Gasteiger charge is 2.52. The van der Waals surface area contributed by atoms with Gasteiger partial charge in [-0.3, -0.25) is 4.79 Å². The van der Waals surface area contributed by atoms with Gasteiger partial charge in [0.25, 0.3) is 0 Å². The first-order chi connectivity index (χ1) is 11.2. The highest BCUT2D eigenvalue weighted by molar-refractivity contribution is 7.03. The minimum Gasteiger partial charge on any atom is -0.308 e. The highest BCUT2D eigenvalue weighted by atomic mass is 32.1. The Morgan fingerprint density at radius 3 is 2.78 bits per heavy atom. The molecule has 0 atom stereocenters. The maximum absolute atomic E-state index is 14.0. The molecule has 1 amide bonds. The van der Waals surface area contributed by atoms with Crippen LogP contribution in [0.3, 0.4) is 0 Å². The van der Waals surface area contributed by atoms with Crippen LogP contribution in [-0.4, -0.2) is 20.1 Å². The number of nitrogens with one attached hydrogen (secondary N) is 1. The number of anilines is 1. The fraction of sp³-hybridized carbons (Fsp3) is 0.188. The lowest BCUT2D eigenvalue weighted by molar-refractivity contribution is -0.118. The van der Waals surface area contributed by atoms with E-state index in [2.05, 4.69) is 14.8 Å². The number of carbonyl (C=O) groups is 1. The van der Waals surface area contributed by atoms with Crippen LogP contribution in [0.25, 0.3) is 5.82 Å². The number of carbonyl (C=O) groups excluding carboxylic acids is 1. The Morgan fingerprint density at radius 1 is 1.26 bits per heavy atom. The third kappa shape index (κ3) is 2.43. The maximum Gasteiger partial charge on any atom is 0.236 e. The molecule has 4 rings (SSSR count). The molecule has 2 heterocycles. The van der Waals surface area contributed by atoms with Gasteiger partial charge < -0.3 is 5.32 Å². The van der Waals surface area contributed by atoms with E-state index in [1.54, 1.807) is 35.1 Å². The van der Waals surface area contributed by atoms with E-state index in [1.165, 1.54) is 17.6 Å². The summed E-state index contributed by atoms with van der Waals surface area (Å²) in [5.41, 5.74) is -0.313. The molecule has 116 valence electrons. The van der Waals surface area contributed by atoms with Crippen LogP contribution >= 0.6 is 11.5 Å². The van der Waals surface area contributed by atoms with E-state index in [0.29, 0.717) is 30.0 Å². The second-order valence-electron chi connectivity index (χ2n) is 5.52. The lowest BCUT2D eigenvalue weighted by Gasteiger charge is -2.15. The maximum atomic E-state index is 14.0. The molecule has 1 fully saturated rings. The van der Waals surface area contributed by atoms with Gasteiger partial charge in [0.2, 0.25) is 5.91 Å². The van der Waals surface area contributed by atoms with Crippen LogP contribution in [0.15, 0.2) is 48.0 Å². The van der Waals surface area contributed by atoms with Gasteiger partial charge in [0.05, 0.1) is 5.41 Å². The lowest BCUT2D eigenvalue weighted by atomic mass is 9.94. The summed E-state index contributed by atoms with van der Waals surface area (Å²) in [7, 11) is 0. The molecule has 0 spiro atoms. The van der Waals surface area contributed by atoms with Crippen molar-refractivity contribution in [2.75, 3.05) is 5.32 Å². The number of amides is 1. The molecule has 0 radical (unpaired) electrons. The minimum absolute atomic E-state index is 0.217. The molecule has 0 bridgehead atoms. The van der Waals surface area contributed by atoms with Gasteiger partial charge in [-0.1, -0.05) is 18.2 Å². The standard InChI is InChI=1S/C16H13FN4OS/c17-12-4-2-1-3-11(12)16(7-8-16)15(22)18-13-5-9-21(19-13)14-6-10-23-20-14/h1-6,9-10H,7-8H2,(H,18,19,22). The quantitative estimate of drug-likeness (QED) is 0.800. The largest absolute Gasteiger partial charge is 0.308 e. The molecule has 7 heteroatoms. The predicted molar refractivity (Wildman–Crippen MR) is 85.2 cm³/mol. The molecule has 1 N–H and O–H groups in total. The molecule has 0 saturated heterocycles. The number of halogens is 1. The molecule has 0 aliphatic heterocycles. The Bertz CT molecular complexity index is 855. The van der Waals surface area contributed by atoms with Crippen LogP contribution in [-0.2, 0) is 10.2 Å². The molecule has 1 aromatic carbocycles. The second-order valence-corrected chi connectivity index (χ2v) is 6.18. The molecule has 1 saturated carbocycles. The topological polar surface area (TPSA) is 59.8 Å². The van der Waals surface area contributed by atoms with Crippen LogP contribution in [0.5, 0.6) is 0 Å². The highest BCUT2D eigenvalue weighted by Crippen LogP contribution is 2.49. The zero-order valence-corrected chi connectivity index (χ0v) is 12.9. The van der Waals surface area contributed by atoms with E-state index in [-0.39, 0.29) is 11.7 Å². The Labute approximate surface area is 135 Å². The van der Waals surface area contributed by atoms with Crippen LogP contribution < -0.4 is 5.32 Å². The van der Waals surface area contributed by atoms with E-state index in [0.717, 1.165) is 0 Å². The van der Waals surface area contributed by atoms with Crippen molar-refractivity contribution < 1.29 is 9.18 Å². The summed E-state index contributed by atoms with van der Waals surface area (Å²) in [6.07, 6.45) is 3.02. The fourth-order valence-electron chi connectivity index (χ4n) is 2.67. The molecule has 2 aromatic heterocycles. The number of aromatic nitrogens is 3. The van der Waals surface area contributed by atoms with E-state index < -0.39 is 5.41 Å². The normalized spacial score (nSPS) is 15.3. The number of hydrogen-bond donors (Lipinski definition) is 1. The summed E-state index contributed by atoms with van der Waals surface area (Å²) in [5, 5.41) is 8.93. The van der Waals surface area contributed by atoms with E-state index in [1.807, 2.05) is 11.4 Å². The second kappa shape index (κ2) is 5.27. The summed E-state index contributed by atoms with van der Waals surface area (Å²) in [6.45, 7) is 0. The zero-order valence-electron chi connectivity index (χ0n) is 12.1. The molecule has 23 heavy (non-hydrogen) atoms. The molecule has 3 aromatic rings. The predicted octanol–water partition coefficient (Wildman–Crippen LogP) is 3.14. The SMILES string of the molecule is O=C(Nc1ccn(-c2ccsn2)n1)C1(c2ccccc2F)CC1. The molecule has 1 aliphatic rings. The number of benzene rings is 1. The monoisotopic (exact) mass is 328 g/mol. The van der Waals surface area contributed by atoms with Gasteiger partial charge in [0.15, 0.2) is 11.6 Å². The van der Waals surface area contributed by atoms with E-state index in [4.69, 9.17) is 0 Å². The van der Waals surface area contributed by atoms with Crippen molar-refractivity contribution in [1.29, 1.82) is 0 Å². The van der Waals surface area contributed by atoms with Gasteiger partial charge in [-0.25, -0.2) is 9.07 Å². The average molecular weight is 328 g/mol. The summed E-state index contributed by atoms with van der Waals surface area (Å²) in [4.78, 5) is 12.6. The number of nitrogens with zero attached hydrogens (tertiary/aromatic N) is 3. The average Bonchev–Trinajstić information content (AvgIpc) is 2.97. The Balaban J connectivity index is 1.56. The number of rotatable bonds is 4. The molecule has 1 aliphatic carbocycles. The van der Waals surface area contributed by atoms with Crippen molar-refractivity contribution in [3.8, 4) is 5.82 Å². The molecular weight excluding hydrogens is 315 g/mol. The van der Waals surface area contributed by atoms with Gasteiger partial charge in [0, 0.05) is 23.2 Å². The van der Waals surface area contributed by atoms with Gasteiger partial charge >= 0.3 is 0 Å². The van der Waals surface area contributed by atoms with Crippen LogP contribution in [0.4, 0.5) is 10.2 Å². The Kier molecular flexibility index (Phi) is 3.23. The van der Waals surface area contributed by atoms with Crippen LogP contribution in [0.1, 0.15) is 18.4 Å². The van der Waals surface area contributed by atoms with Crippen molar-refractivity contribution in [2.45, 2.75) is 18.3 Å². The smallest absolute Gasteiger partial charge is 0.236 e.